The third-order valence-electron chi connectivity index (χ3n) is 2.98. The minimum absolute atomic E-state index is 0.0861. The molecule has 0 fully saturated rings. The lowest BCUT2D eigenvalue weighted by atomic mass is 9.75. The van der Waals surface area contributed by atoms with Gasteiger partial charge in [-0.2, -0.15) is 0 Å². The first kappa shape index (κ1) is 12.5. The molecular weight excluding hydrogens is 196 g/mol. The van der Waals surface area contributed by atoms with Gasteiger partial charge in [-0.05, 0) is 30.5 Å². The molecule has 0 saturated heterocycles. The van der Waals surface area contributed by atoms with Crippen molar-refractivity contribution in [3.05, 3.63) is 55.1 Å². The Morgan fingerprint density at radius 3 is 1.94 bits per heavy atom. The largest absolute Gasteiger partial charge is 0.399 e. The molecule has 0 aliphatic carbocycles. The molecule has 0 amide bonds. The molecule has 1 aromatic carbocycles. The van der Waals surface area contributed by atoms with E-state index in [0.29, 0.717) is 6.54 Å². The molecule has 0 radical (unpaired) electrons. The Bertz CT molecular complexity index is 342. The lowest BCUT2D eigenvalue weighted by Gasteiger charge is -2.31. The summed E-state index contributed by atoms with van der Waals surface area (Å²) in [4.78, 5) is 0. The van der Waals surface area contributed by atoms with Gasteiger partial charge in [0.25, 0.3) is 0 Å². The van der Waals surface area contributed by atoms with E-state index in [1.54, 1.807) is 0 Å². The maximum atomic E-state index is 5.92. The Hall–Kier alpha value is -1.54. The van der Waals surface area contributed by atoms with Gasteiger partial charge >= 0.3 is 0 Å². The quantitative estimate of drug-likeness (QED) is 0.567. The van der Waals surface area contributed by atoms with E-state index < -0.39 is 0 Å². The average molecular weight is 216 g/mol. The number of allylic oxidation sites excluding steroid dienone is 2. The van der Waals surface area contributed by atoms with E-state index in [2.05, 4.69) is 13.2 Å². The second kappa shape index (κ2) is 5.52. The smallest absolute Gasteiger partial charge is 0.0314 e. The highest BCUT2D eigenvalue weighted by Gasteiger charge is 2.27. The summed E-state index contributed by atoms with van der Waals surface area (Å²) >= 11 is 0. The summed E-state index contributed by atoms with van der Waals surface area (Å²) in [5, 5.41) is 0. The summed E-state index contributed by atoms with van der Waals surface area (Å²) < 4.78 is 0. The first-order chi connectivity index (χ1) is 7.68. The van der Waals surface area contributed by atoms with Crippen molar-refractivity contribution in [2.45, 2.75) is 18.3 Å². The standard InChI is InChI=1S/C14H20N2/c1-3-9-14(11-15,10-4-2)12-5-7-13(16)8-6-12/h3-8H,1-2,9-11,15-16H2. The first-order valence-electron chi connectivity index (χ1n) is 5.46. The van der Waals surface area contributed by atoms with Crippen molar-refractivity contribution < 1.29 is 0 Å². The third kappa shape index (κ3) is 2.52. The number of nitrogen functional groups attached to an aromatic ring is 1. The second-order valence-electron chi connectivity index (χ2n) is 4.09. The number of rotatable bonds is 6. The predicted octanol–water partition coefficient (Wildman–Crippen LogP) is 2.62. The van der Waals surface area contributed by atoms with Crippen LogP contribution < -0.4 is 11.5 Å². The summed E-state index contributed by atoms with van der Waals surface area (Å²) in [5.41, 5.74) is 13.5. The van der Waals surface area contributed by atoms with Crippen LogP contribution in [-0.4, -0.2) is 6.54 Å². The van der Waals surface area contributed by atoms with Gasteiger partial charge in [-0.25, -0.2) is 0 Å². The summed E-state index contributed by atoms with van der Waals surface area (Å²) in [6, 6.07) is 7.89. The molecule has 4 N–H and O–H groups in total. The van der Waals surface area contributed by atoms with Crippen molar-refractivity contribution in [2.24, 2.45) is 5.73 Å². The molecule has 0 spiro atoms. The minimum Gasteiger partial charge on any atom is -0.399 e. The normalized spacial score (nSPS) is 11.1. The van der Waals surface area contributed by atoms with Gasteiger partial charge in [-0.1, -0.05) is 24.3 Å². The fraction of sp³-hybridized carbons (Fsp3) is 0.286. The van der Waals surface area contributed by atoms with Crippen LogP contribution in [0.15, 0.2) is 49.6 Å². The molecule has 86 valence electrons. The van der Waals surface area contributed by atoms with E-state index in [1.165, 1.54) is 5.56 Å². The van der Waals surface area contributed by atoms with Crippen LogP contribution in [0.1, 0.15) is 18.4 Å². The van der Waals surface area contributed by atoms with Crippen LogP contribution in [0, 0.1) is 0 Å². The van der Waals surface area contributed by atoms with E-state index in [-0.39, 0.29) is 5.41 Å². The summed E-state index contributed by atoms with van der Waals surface area (Å²) in [6.45, 7) is 8.19. The topological polar surface area (TPSA) is 52.0 Å². The number of anilines is 1. The maximum Gasteiger partial charge on any atom is 0.0314 e. The van der Waals surface area contributed by atoms with Crippen LogP contribution in [0.3, 0.4) is 0 Å². The number of benzene rings is 1. The molecule has 1 aromatic rings. The maximum absolute atomic E-state index is 5.92. The van der Waals surface area contributed by atoms with Crippen LogP contribution in [0.4, 0.5) is 5.69 Å². The lowest BCUT2D eigenvalue weighted by molar-refractivity contribution is 0.448. The van der Waals surface area contributed by atoms with Gasteiger partial charge < -0.3 is 11.5 Å². The van der Waals surface area contributed by atoms with E-state index in [4.69, 9.17) is 11.5 Å². The van der Waals surface area contributed by atoms with Crippen molar-refractivity contribution in [3.8, 4) is 0 Å². The molecule has 0 aliphatic rings. The number of hydrogen-bond acceptors (Lipinski definition) is 2. The van der Waals surface area contributed by atoms with Gasteiger partial charge in [0.15, 0.2) is 0 Å². The molecule has 0 heterocycles. The second-order valence-corrected chi connectivity index (χ2v) is 4.09. The van der Waals surface area contributed by atoms with Gasteiger partial charge in [-0.15, -0.1) is 13.2 Å². The summed E-state index contributed by atoms with van der Waals surface area (Å²) in [5.74, 6) is 0. The van der Waals surface area contributed by atoms with Gasteiger partial charge in [-0.3, -0.25) is 0 Å². The Morgan fingerprint density at radius 2 is 1.56 bits per heavy atom. The molecule has 2 nitrogen and oxygen atoms in total. The molecule has 0 atom stereocenters. The zero-order valence-corrected chi connectivity index (χ0v) is 9.65. The van der Waals surface area contributed by atoms with Gasteiger partial charge in [0.1, 0.15) is 0 Å². The minimum atomic E-state index is -0.0861. The van der Waals surface area contributed by atoms with Gasteiger partial charge in [0, 0.05) is 17.6 Å². The van der Waals surface area contributed by atoms with Crippen LogP contribution in [0.25, 0.3) is 0 Å². The zero-order chi connectivity index (χ0) is 12.0. The van der Waals surface area contributed by atoms with Crippen LogP contribution in [0.5, 0.6) is 0 Å². The van der Waals surface area contributed by atoms with E-state index >= 15 is 0 Å². The van der Waals surface area contributed by atoms with Crippen LogP contribution in [-0.2, 0) is 5.41 Å². The third-order valence-corrected chi connectivity index (χ3v) is 2.98. The van der Waals surface area contributed by atoms with Crippen molar-refractivity contribution in [1.29, 1.82) is 0 Å². The fourth-order valence-corrected chi connectivity index (χ4v) is 1.99. The Morgan fingerprint density at radius 1 is 1.06 bits per heavy atom. The number of nitrogens with two attached hydrogens (primary N) is 2. The molecule has 0 aliphatic heterocycles. The predicted molar refractivity (Wildman–Crippen MR) is 71.2 cm³/mol. The van der Waals surface area contributed by atoms with Crippen molar-refractivity contribution in [2.75, 3.05) is 12.3 Å². The molecule has 2 heteroatoms. The molecule has 16 heavy (non-hydrogen) atoms. The molecular formula is C14H20N2. The molecule has 0 aromatic heterocycles. The molecule has 0 bridgehead atoms. The average Bonchev–Trinajstić information content (AvgIpc) is 2.29. The Labute approximate surface area is 97.7 Å². The lowest BCUT2D eigenvalue weighted by Crippen LogP contribution is -2.34. The van der Waals surface area contributed by atoms with E-state index in [1.807, 2.05) is 36.4 Å². The van der Waals surface area contributed by atoms with Crippen molar-refractivity contribution >= 4 is 5.69 Å². The highest BCUT2D eigenvalue weighted by molar-refractivity contribution is 5.42. The van der Waals surface area contributed by atoms with Crippen LogP contribution >= 0.6 is 0 Å². The highest BCUT2D eigenvalue weighted by Crippen LogP contribution is 2.32. The SMILES string of the molecule is C=CCC(CN)(CC=C)c1ccc(N)cc1. The summed E-state index contributed by atoms with van der Waals surface area (Å²) in [6.07, 6.45) is 5.51. The van der Waals surface area contributed by atoms with Crippen molar-refractivity contribution in [3.63, 3.8) is 0 Å². The van der Waals surface area contributed by atoms with Gasteiger partial charge in [0.05, 0.1) is 0 Å². The zero-order valence-electron chi connectivity index (χ0n) is 9.65. The Kier molecular flexibility index (Phi) is 4.32. The van der Waals surface area contributed by atoms with E-state index in [9.17, 15) is 0 Å². The first-order valence-corrected chi connectivity index (χ1v) is 5.46. The van der Waals surface area contributed by atoms with Gasteiger partial charge in [0.2, 0.25) is 0 Å². The molecule has 0 unspecified atom stereocenters. The van der Waals surface area contributed by atoms with E-state index in [0.717, 1.165) is 18.5 Å². The van der Waals surface area contributed by atoms with Crippen LogP contribution in [0.2, 0.25) is 0 Å². The molecule has 0 saturated carbocycles. The highest BCUT2D eigenvalue weighted by atomic mass is 14.6. The summed E-state index contributed by atoms with van der Waals surface area (Å²) in [7, 11) is 0. The Balaban J connectivity index is 3.11. The number of hydrogen-bond donors (Lipinski definition) is 2. The fourth-order valence-electron chi connectivity index (χ4n) is 1.99. The van der Waals surface area contributed by atoms with Crippen molar-refractivity contribution in [1.82, 2.24) is 0 Å². The monoisotopic (exact) mass is 216 g/mol. The molecule has 1 rings (SSSR count).